The molecular weight excluding hydrogens is 474 g/mol. The third-order valence-corrected chi connectivity index (χ3v) is 8.70. The zero-order valence-corrected chi connectivity index (χ0v) is 19.9. The van der Waals surface area contributed by atoms with Crippen LogP contribution in [0.5, 0.6) is 0 Å². The van der Waals surface area contributed by atoms with Crippen molar-refractivity contribution >= 4 is 43.6 Å². The molecule has 1 heterocycles. The average Bonchev–Trinajstić information content (AvgIpc) is 2.79. The maximum Gasteiger partial charge on any atom is 0.243 e. The fourth-order valence-electron chi connectivity index (χ4n) is 3.17. The molecule has 0 saturated carbocycles. The Hall–Kier alpha value is -2.24. The number of carbonyl (C=O) groups is 1. The predicted octanol–water partition coefficient (Wildman–Crippen LogP) is 2.11. The number of sulfonamides is 2. The zero-order valence-electron chi connectivity index (χ0n) is 17.5. The van der Waals surface area contributed by atoms with E-state index in [1.54, 1.807) is 12.1 Å². The van der Waals surface area contributed by atoms with Gasteiger partial charge in [0.15, 0.2) is 0 Å². The van der Waals surface area contributed by atoms with E-state index in [1.807, 2.05) is 18.2 Å². The second kappa shape index (κ2) is 10.1. The highest BCUT2D eigenvalue weighted by Crippen LogP contribution is 2.18. The number of likely N-dealkylation sites (N-methyl/N-ethyl adjacent to an activating group) is 1. The van der Waals surface area contributed by atoms with E-state index in [-0.39, 0.29) is 43.5 Å². The lowest BCUT2D eigenvalue weighted by atomic mass is 10.2. The van der Waals surface area contributed by atoms with Gasteiger partial charge in [0.05, 0.1) is 11.4 Å². The minimum absolute atomic E-state index is 0.0401. The molecule has 1 fully saturated rings. The van der Waals surface area contributed by atoms with Gasteiger partial charge in [-0.3, -0.25) is 4.79 Å². The molecule has 1 saturated heterocycles. The van der Waals surface area contributed by atoms with E-state index in [0.717, 1.165) is 15.3 Å². The van der Waals surface area contributed by atoms with Crippen molar-refractivity contribution in [3.05, 3.63) is 70.6 Å². The molecule has 32 heavy (non-hydrogen) atoms. The van der Waals surface area contributed by atoms with Crippen molar-refractivity contribution < 1.29 is 21.6 Å². The lowest BCUT2D eigenvalue weighted by Gasteiger charge is -2.34. The molecule has 0 bridgehead atoms. The summed E-state index contributed by atoms with van der Waals surface area (Å²) in [5, 5.41) is 1.57. The monoisotopic (exact) mass is 497 g/mol. The molecule has 2 aromatic carbocycles. The van der Waals surface area contributed by atoms with Crippen LogP contribution in [0.25, 0.3) is 6.08 Å². The number of hydrogen-bond donors (Lipinski definition) is 0. The van der Waals surface area contributed by atoms with Gasteiger partial charge in [0.1, 0.15) is 0 Å². The van der Waals surface area contributed by atoms with Crippen LogP contribution in [0, 0.1) is 0 Å². The number of halogens is 1. The predicted molar refractivity (Wildman–Crippen MR) is 124 cm³/mol. The number of amides is 1. The highest BCUT2D eigenvalue weighted by Gasteiger charge is 2.30. The minimum atomic E-state index is -3.85. The Morgan fingerprint density at radius 3 is 2.16 bits per heavy atom. The lowest BCUT2D eigenvalue weighted by molar-refractivity contribution is -0.132. The van der Waals surface area contributed by atoms with Gasteiger partial charge in [-0.2, -0.15) is 8.61 Å². The van der Waals surface area contributed by atoms with Crippen molar-refractivity contribution in [3.8, 4) is 0 Å². The van der Waals surface area contributed by atoms with Crippen LogP contribution in [-0.4, -0.2) is 76.0 Å². The van der Waals surface area contributed by atoms with Crippen LogP contribution in [0.1, 0.15) is 5.56 Å². The largest absolute Gasteiger partial charge is 0.339 e. The summed E-state index contributed by atoms with van der Waals surface area (Å²) in [5.74, 6) is -0.387. The Morgan fingerprint density at radius 2 is 1.56 bits per heavy atom. The number of carbonyl (C=O) groups excluding carboxylic acids is 1. The molecule has 3 rings (SSSR count). The van der Waals surface area contributed by atoms with Crippen molar-refractivity contribution in [1.82, 2.24) is 13.5 Å². The van der Waals surface area contributed by atoms with Gasteiger partial charge in [0, 0.05) is 43.7 Å². The van der Waals surface area contributed by atoms with E-state index in [4.69, 9.17) is 11.6 Å². The fourth-order valence-corrected chi connectivity index (χ4v) is 5.59. The SMILES string of the molecule is CN(CC(=O)N1CCN(S(=O)(=O)C=Cc2ccccc2)CC1)S(=O)(=O)c1ccc(Cl)cc1. The molecule has 0 unspecified atom stereocenters. The lowest BCUT2D eigenvalue weighted by Crippen LogP contribution is -2.52. The molecule has 11 heteroatoms. The molecule has 0 aliphatic carbocycles. The summed E-state index contributed by atoms with van der Waals surface area (Å²) >= 11 is 5.80. The first-order chi connectivity index (χ1) is 15.1. The van der Waals surface area contributed by atoms with Crippen LogP contribution in [0.4, 0.5) is 0 Å². The van der Waals surface area contributed by atoms with Crippen LogP contribution < -0.4 is 0 Å². The van der Waals surface area contributed by atoms with Crippen molar-refractivity contribution in [2.75, 3.05) is 39.8 Å². The van der Waals surface area contributed by atoms with E-state index >= 15 is 0 Å². The van der Waals surface area contributed by atoms with Gasteiger partial charge in [-0.25, -0.2) is 16.8 Å². The fraction of sp³-hybridized carbons (Fsp3) is 0.286. The number of benzene rings is 2. The van der Waals surface area contributed by atoms with Crippen LogP contribution in [0.15, 0.2) is 64.9 Å². The van der Waals surface area contributed by atoms with Crippen molar-refractivity contribution in [2.45, 2.75) is 4.90 Å². The van der Waals surface area contributed by atoms with Crippen molar-refractivity contribution in [1.29, 1.82) is 0 Å². The first-order valence-electron chi connectivity index (χ1n) is 9.82. The van der Waals surface area contributed by atoms with Crippen LogP contribution in [0.3, 0.4) is 0 Å². The van der Waals surface area contributed by atoms with Gasteiger partial charge in [-0.1, -0.05) is 41.9 Å². The molecule has 1 aliphatic rings. The van der Waals surface area contributed by atoms with Gasteiger partial charge in [0.25, 0.3) is 0 Å². The Morgan fingerprint density at radius 1 is 0.969 bits per heavy atom. The van der Waals surface area contributed by atoms with Crippen molar-refractivity contribution in [2.24, 2.45) is 0 Å². The second-order valence-electron chi connectivity index (χ2n) is 7.25. The Labute approximate surface area is 193 Å². The normalized spacial score (nSPS) is 16.0. The van der Waals surface area contributed by atoms with Gasteiger partial charge in [-0.05, 0) is 35.9 Å². The highest BCUT2D eigenvalue weighted by atomic mass is 35.5. The molecule has 1 aliphatic heterocycles. The quantitative estimate of drug-likeness (QED) is 0.584. The third kappa shape index (κ3) is 5.96. The summed E-state index contributed by atoms with van der Waals surface area (Å²) in [6, 6.07) is 14.8. The molecule has 0 aromatic heterocycles. The summed E-state index contributed by atoms with van der Waals surface area (Å²) in [7, 11) is -6.13. The van der Waals surface area contributed by atoms with Gasteiger partial charge in [0.2, 0.25) is 26.0 Å². The zero-order chi connectivity index (χ0) is 23.4. The van der Waals surface area contributed by atoms with Gasteiger partial charge >= 0.3 is 0 Å². The summed E-state index contributed by atoms with van der Waals surface area (Å²) in [5.41, 5.74) is 0.773. The van der Waals surface area contributed by atoms with E-state index in [2.05, 4.69) is 0 Å². The van der Waals surface area contributed by atoms with E-state index in [9.17, 15) is 21.6 Å². The topological polar surface area (TPSA) is 95.1 Å². The maximum atomic E-state index is 12.7. The average molecular weight is 498 g/mol. The van der Waals surface area contributed by atoms with Crippen molar-refractivity contribution in [3.63, 3.8) is 0 Å². The number of piperazine rings is 1. The molecule has 2 aromatic rings. The van der Waals surface area contributed by atoms with E-state index < -0.39 is 20.0 Å². The van der Waals surface area contributed by atoms with Crippen LogP contribution >= 0.6 is 11.6 Å². The first-order valence-corrected chi connectivity index (χ1v) is 13.1. The summed E-state index contributed by atoms with van der Waals surface area (Å²) in [6.07, 6.45) is 1.53. The van der Waals surface area contributed by atoms with E-state index in [0.29, 0.717) is 5.02 Å². The molecule has 0 atom stereocenters. The summed E-state index contributed by atoms with van der Waals surface area (Å²) < 4.78 is 52.7. The van der Waals surface area contributed by atoms with Gasteiger partial charge in [-0.15, -0.1) is 0 Å². The van der Waals surface area contributed by atoms with Crippen LogP contribution in [0.2, 0.25) is 5.02 Å². The first kappa shape index (κ1) is 24.4. The Bertz CT molecular complexity index is 1180. The number of hydrogen-bond acceptors (Lipinski definition) is 5. The molecule has 0 spiro atoms. The molecule has 0 N–H and O–H groups in total. The highest BCUT2D eigenvalue weighted by molar-refractivity contribution is 7.92. The molecule has 0 radical (unpaired) electrons. The van der Waals surface area contributed by atoms with E-state index in [1.165, 1.54) is 46.6 Å². The number of rotatable bonds is 7. The Kier molecular flexibility index (Phi) is 7.73. The second-order valence-corrected chi connectivity index (χ2v) is 11.6. The van der Waals surface area contributed by atoms with Gasteiger partial charge < -0.3 is 4.90 Å². The summed E-state index contributed by atoms with van der Waals surface area (Å²) in [4.78, 5) is 14.1. The molecule has 1 amide bonds. The molecular formula is C21H24ClN3O5S2. The number of nitrogens with zero attached hydrogens (tertiary/aromatic N) is 3. The molecule has 172 valence electrons. The molecule has 8 nitrogen and oxygen atoms in total. The minimum Gasteiger partial charge on any atom is -0.339 e. The smallest absolute Gasteiger partial charge is 0.243 e. The summed E-state index contributed by atoms with van der Waals surface area (Å²) in [6.45, 7) is 0.311. The third-order valence-electron chi connectivity index (χ3n) is 5.06. The standard InChI is InChI=1S/C21H24ClN3O5S2/c1-23(32(29,30)20-9-7-19(22)8-10-20)17-21(26)24-12-14-25(15-13-24)31(27,28)16-11-18-5-3-2-4-6-18/h2-11,16H,12-15,17H2,1H3. The van der Waals surface area contributed by atoms with Crippen LogP contribution in [-0.2, 0) is 24.8 Å². The Balaban J connectivity index is 1.57. The maximum absolute atomic E-state index is 12.7.